The van der Waals surface area contributed by atoms with Crippen LogP contribution in [0.3, 0.4) is 0 Å². The highest BCUT2D eigenvalue weighted by molar-refractivity contribution is 7.85. The summed E-state index contributed by atoms with van der Waals surface area (Å²) in [6, 6.07) is 14.8. The zero-order valence-corrected chi connectivity index (χ0v) is 11.4. The van der Waals surface area contributed by atoms with Gasteiger partial charge in [-0.15, -0.1) is 0 Å². The van der Waals surface area contributed by atoms with Gasteiger partial charge in [0.05, 0.1) is 10.8 Å². The third-order valence-electron chi connectivity index (χ3n) is 2.67. The van der Waals surface area contributed by atoms with Crippen LogP contribution in [0.5, 0.6) is 0 Å². The number of rotatable bonds is 4. The summed E-state index contributed by atoms with van der Waals surface area (Å²) >= 11 is 5.88. The normalized spacial score (nSPS) is 12.3. The van der Waals surface area contributed by atoms with Gasteiger partial charge in [-0.05, 0) is 36.2 Å². The first kappa shape index (κ1) is 13.1. The number of aryl methyl sites for hydroxylation is 1. The van der Waals surface area contributed by atoms with Gasteiger partial charge in [0.15, 0.2) is 0 Å². The van der Waals surface area contributed by atoms with Crippen LogP contribution < -0.4 is 5.73 Å². The van der Waals surface area contributed by atoms with Gasteiger partial charge in [-0.2, -0.15) is 0 Å². The van der Waals surface area contributed by atoms with Gasteiger partial charge in [-0.1, -0.05) is 35.9 Å². The van der Waals surface area contributed by atoms with E-state index in [4.69, 9.17) is 17.3 Å². The first-order valence-corrected chi connectivity index (χ1v) is 7.34. The van der Waals surface area contributed by atoms with Gasteiger partial charge in [-0.3, -0.25) is 4.21 Å². The summed E-state index contributed by atoms with van der Waals surface area (Å²) in [5.74, 6) is 0.550. The van der Waals surface area contributed by atoms with Gasteiger partial charge in [0.1, 0.15) is 0 Å². The third-order valence-corrected chi connectivity index (χ3v) is 4.26. The molecule has 0 spiro atoms. The van der Waals surface area contributed by atoms with E-state index in [0.29, 0.717) is 17.2 Å². The molecule has 2 aromatic carbocycles. The minimum atomic E-state index is -1.04. The van der Waals surface area contributed by atoms with E-state index in [-0.39, 0.29) is 0 Å². The van der Waals surface area contributed by atoms with Crippen molar-refractivity contribution < 1.29 is 4.21 Å². The molecule has 0 aliphatic carbocycles. The molecule has 0 aromatic heterocycles. The molecule has 0 fully saturated rings. The minimum Gasteiger partial charge on any atom is -0.399 e. The molecule has 2 N–H and O–H groups in total. The van der Waals surface area contributed by atoms with Gasteiger partial charge in [0.2, 0.25) is 0 Å². The van der Waals surface area contributed by atoms with Gasteiger partial charge >= 0.3 is 0 Å². The molecule has 0 amide bonds. The molecule has 1 atom stereocenters. The molecule has 0 saturated heterocycles. The highest BCUT2D eigenvalue weighted by Crippen LogP contribution is 2.16. The zero-order chi connectivity index (χ0) is 13.0. The van der Waals surface area contributed by atoms with E-state index in [2.05, 4.69) is 0 Å². The molecule has 2 nitrogen and oxygen atoms in total. The highest BCUT2D eigenvalue weighted by Gasteiger charge is 2.06. The second-order valence-electron chi connectivity index (χ2n) is 3.96. The van der Waals surface area contributed by atoms with E-state index in [1.807, 2.05) is 36.4 Å². The smallest absolute Gasteiger partial charge is 0.0533 e. The van der Waals surface area contributed by atoms with Crippen LogP contribution >= 0.6 is 11.6 Å². The van der Waals surface area contributed by atoms with Gasteiger partial charge in [-0.25, -0.2) is 0 Å². The quantitative estimate of drug-likeness (QED) is 0.873. The van der Waals surface area contributed by atoms with E-state index in [9.17, 15) is 4.21 Å². The fourth-order valence-electron chi connectivity index (χ4n) is 1.69. The molecule has 18 heavy (non-hydrogen) atoms. The maximum atomic E-state index is 12.1. The molecular weight excluding hydrogens is 266 g/mol. The van der Waals surface area contributed by atoms with Crippen LogP contribution in [-0.4, -0.2) is 9.96 Å². The largest absolute Gasteiger partial charge is 0.399 e. The Morgan fingerprint density at radius 3 is 2.61 bits per heavy atom. The lowest BCUT2D eigenvalue weighted by atomic mass is 10.1. The SMILES string of the molecule is Nc1ccccc1CCS(=O)c1cccc(Cl)c1. The van der Waals surface area contributed by atoms with Crippen LogP contribution in [0.25, 0.3) is 0 Å². The monoisotopic (exact) mass is 279 g/mol. The summed E-state index contributed by atoms with van der Waals surface area (Å²) in [6.45, 7) is 0. The number of nitrogen functional groups attached to an aromatic ring is 1. The number of anilines is 1. The lowest BCUT2D eigenvalue weighted by Crippen LogP contribution is -2.03. The summed E-state index contributed by atoms with van der Waals surface area (Å²) in [5.41, 5.74) is 7.64. The number of hydrogen-bond donors (Lipinski definition) is 1. The van der Waals surface area contributed by atoms with Gasteiger partial charge in [0.25, 0.3) is 0 Å². The van der Waals surface area contributed by atoms with Crippen LogP contribution in [0.15, 0.2) is 53.4 Å². The molecule has 0 aliphatic rings. The van der Waals surface area contributed by atoms with Crippen molar-refractivity contribution in [3.63, 3.8) is 0 Å². The Hall–Kier alpha value is -1.32. The Bertz CT molecular complexity index is 571. The Labute approximate surface area is 114 Å². The molecular formula is C14H14ClNOS. The molecule has 2 rings (SSSR count). The Balaban J connectivity index is 2.03. The van der Waals surface area contributed by atoms with E-state index < -0.39 is 10.8 Å². The molecule has 4 heteroatoms. The Morgan fingerprint density at radius 2 is 1.89 bits per heavy atom. The number of hydrogen-bond acceptors (Lipinski definition) is 2. The first-order valence-electron chi connectivity index (χ1n) is 5.64. The lowest BCUT2D eigenvalue weighted by Gasteiger charge is -2.05. The minimum absolute atomic E-state index is 0.550. The van der Waals surface area contributed by atoms with E-state index in [0.717, 1.165) is 16.1 Å². The summed E-state index contributed by atoms with van der Waals surface area (Å²) < 4.78 is 12.1. The summed E-state index contributed by atoms with van der Waals surface area (Å²) in [6.07, 6.45) is 0.700. The molecule has 0 aliphatic heterocycles. The van der Waals surface area contributed by atoms with Crippen LogP contribution in [0.2, 0.25) is 5.02 Å². The van der Waals surface area contributed by atoms with Crippen LogP contribution in [0.4, 0.5) is 5.69 Å². The van der Waals surface area contributed by atoms with Crippen LogP contribution in [-0.2, 0) is 17.2 Å². The Kier molecular flexibility index (Phi) is 4.39. The van der Waals surface area contributed by atoms with Crippen molar-refractivity contribution in [3.05, 3.63) is 59.1 Å². The number of para-hydroxylation sites is 1. The lowest BCUT2D eigenvalue weighted by molar-refractivity contribution is 0.682. The molecule has 94 valence electrons. The molecule has 0 saturated carbocycles. The average molecular weight is 280 g/mol. The molecule has 2 aromatic rings. The maximum Gasteiger partial charge on any atom is 0.0533 e. The molecule has 0 heterocycles. The topological polar surface area (TPSA) is 43.1 Å². The van der Waals surface area contributed by atoms with Crippen LogP contribution in [0.1, 0.15) is 5.56 Å². The van der Waals surface area contributed by atoms with Crippen molar-refractivity contribution in [3.8, 4) is 0 Å². The second kappa shape index (κ2) is 6.03. The third kappa shape index (κ3) is 3.34. The van der Waals surface area contributed by atoms with Gasteiger partial charge in [0, 0.05) is 21.4 Å². The number of nitrogens with two attached hydrogens (primary N) is 1. The highest BCUT2D eigenvalue weighted by atomic mass is 35.5. The fraction of sp³-hybridized carbons (Fsp3) is 0.143. The van der Waals surface area contributed by atoms with Crippen molar-refractivity contribution in [1.82, 2.24) is 0 Å². The molecule has 0 radical (unpaired) electrons. The summed E-state index contributed by atoms with van der Waals surface area (Å²) in [4.78, 5) is 0.761. The Morgan fingerprint density at radius 1 is 1.11 bits per heavy atom. The van der Waals surface area contributed by atoms with Crippen molar-refractivity contribution in [2.45, 2.75) is 11.3 Å². The standard InChI is InChI=1S/C14H14ClNOS/c15-12-5-3-6-13(10-12)18(17)9-8-11-4-1-2-7-14(11)16/h1-7,10H,8-9,16H2. The maximum absolute atomic E-state index is 12.1. The van der Waals surface area contributed by atoms with Gasteiger partial charge < -0.3 is 5.73 Å². The molecule has 0 bridgehead atoms. The van der Waals surface area contributed by atoms with Crippen molar-refractivity contribution in [2.75, 3.05) is 11.5 Å². The van der Waals surface area contributed by atoms with E-state index in [1.54, 1.807) is 12.1 Å². The van der Waals surface area contributed by atoms with Crippen LogP contribution in [0, 0.1) is 0 Å². The fourth-order valence-corrected chi connectivity index (χ4v) is 3.08. The predicted molar refractivity (Wildman–Crippen MR) is 77.3 cm³/mol. The van der Waals surface area contributed by atoms with E-state index in [1.165, 1.54) is 0 Å². The number of benzene rings is 2. The summed E-state index contributed by atoms with van der Waals surface area (Å²) in [5, 5.41) is 0.611. The van der Waals surface area contributed by atoms with Crippen molar-refractivity contribution in [1.29, 1.82) is 0 Å². The van der Waals surface area contributed by atoms with Crippen molar-refractivity contribution >= 4 is 28.1 Å². The van der Waals surface area contributed by atoms with Crippen molar-refractivity contribution in [2.24, 2.45) is 0 Å². The zero-order valence-electron chi connectivity index (χ0n) is 9.80. The second-order valence-corrected chi connectivity index (χ2v) is 5.96. The average Bonchev–Trinajstić information content (AvgIpc) is 2.37. The number of halogens is 1. The van der Waals surface area contributed by atoms with E-state index >= 15 is 0 Å². The predicted octanol–water partition coefficient (Wildman–Crippen LogP) is 3.27. The summed E-state index contributed by atoms with van der Waals surface area (Å²) in [7, 11) is -1.04. The first-order chi connectivity index (χ1) is 8.66. The molecule has 1 unspecified atom stereocenters.